The van der Waals surface area contributed by atoms with Gasteiger partial charge in [0, 0.05) is 18.5 Å². The van der Waals surface area contributed by atoms with Crippen molar-refractivity contribution >= 4 is 22.6 Å². The zero-order chi connectivity index (χ0) is 18.1. The minimum atomic E-state index is -0.962. The van der Waals surface area contributed by atoms with Gasteiger partial charge >= 0.3 is 5.97 Å². The largest absolute Gasteiger partial charge is 0.493 e. The molecule has 0 fully saturated rings. The van der Waals surface area contributed by atoms with E-state index in [-0.39, 0.29) is 18.7 Å². The van der Waals surface area contributed by atoms with Gasteiger partial charge in [-0.25, -0.2) is 0 Å². The standard InChI is InChI=1S/C20H25NO4/c1-2-3-14-25-18-9-8-15-6-4-5-7-16(15)17(18)12-13-21-19(22)10-11-20(23)24/h4-9H,2-3,10-14H2,1H3,(H,21,22)(H,23,24). The summed E-state index contributed by atoms with van der Waals surface area (Å²) in [6.45, 7) is 3.25. The molecular weight excluding hydrogens is 318 g/mol. The molecule has 0 radical (unpaired) electrons. The predicted molar refractivity (Wildman–Crippen MR) is 97.9 cm³/mol. The van der Waals surface area contributed by atoms with Crippen molar-refractivity contribution < 1.29 is 19.4 Å². The number of carboxylic acid groups (broad SMARTS) is 1. The Hall–Kier alpha value is -2.56. The molecule has 5 nitrogen and oxygen atoms in total. The van der Waals surface area contributed by atoms with Crippen molar-refractivity contribution in [2.75, 3.05) is 13.2 Å². The summed E-state index contributed by atoms with van der Waals surface area (Å²) in [5.41, 5.74) is 1.08. The van der Waals surface area contributed by atoms with Gasteiger partial charge in [-0.1, -0.05) is 43.7 Å². The number of benzene rings is 2. The van der Waals surface area contributed by atoms with Gasteiger partial charge in [-0.15, -0.1) is 0 Å². The van der Waals surface area contributed by atoms with E-state index in [2.05, 4.69) is 24.4 Å². The van der Waals surface area contributed by atoms with Crippen molar-refractivity contribution in [3.8, 4) is 5.75 Å². The Morgan fingerprint density at radius 3 is 2.68 bits per heavy atom. The normalized spacial score (nSPS) is 10.6. The third-order valence-electron chi connectivity index (χ3n) is 4.02. The van der Waals surface area contributed by atoms with E-state index in [1.165, 1.54) is 0 Å². The maximum Gasteiger partial charge on any atom is 0.303 e. The van der Waals surface area contributed by atoms with Crippen LogP contribution < -0.4 is 10.1 Å². The first-order valence-electron chi connectivity index (χ1n) is 8.73. The zero-order valence-corrected chi connectivity index (χ0v) is 14.6. The monoisotopic (exact) mass is 343 g/mol. The Bertz CT molecular complexity index is 727. The van der Waals surface area contributed by atoms with E-state index in [1.54, 1.807) is 0 Å². The van der Waals surface area contributed by atoms with Crippen LogP contribution in [0.2, 0.25) is 0 Å². The van der Waals surface area contributed by atoms with E-state index < -0.39 is 5.97 Å². The number of nitrogens with one attached hydrogen (secondary N) is 1. The van der Waals surface area contributed by atoms with Crippen LogP contribution in [0.5, 0.6) is 5.75 Å². The first-order chi connectivity index (χ1) is 12.1. The summed E-state index contributed by atoms with van der Waals surface area (Å²) in [4.78, 5) is 22.2. The SMILES string of the molecule is CCCCOc1ccc2ccccc2c1CCNC(=O)CCC(=O)O. The van der Waals surface area contributed by atoms with Gasteiger partial charge in [0.1, 0.15) is 5.75 Å². The van der Waals surface area contributed by atoms with Crippen LogP contribution in [0.1, 0.15) is 38.2 Å². The number of ether oxygens (including phenoxy) is 1. The van der Waals surface area contributed by atoms with Crippen molar-refractivity contribution in [2.24, 2.45) is 0 Å². The quantitative estimate of drug-likeness (QED) is 0.647. The first-order valence-corrected chi connectivity index (χ1v) is 8.73. The summed E-state index contributed by atoms with van der Waals surface area (Å²) in [7, 11) is 0. The molecule has 0 spiro atoms. The number of fused-ring (bicyclic) bond motifs is 1. The molecule has 0 aliphatic heterocycles. The molecule has 0 atom stereocenters. The van der Waals surface area contributed by atoms with Gasteiger partial charge in [-0.05, 0) is 29.7 Å². The zero-order valence-electron chi connectivity index (χ0n) is 14.6. The second-order valence-electron chi connectivity index (χ2n) is 5.96. The fourth-order valence-corrected chi connectivity index (χ4v) is 2.67. The maximum atomic E-state index is 11.7. The number of carbonyl (C=O) groups excluding carboxylic acids is 1. The summed E-state index contributed by atoms with van der Waals surface area (Å²) in [6.07, 6.45) is 2.57. The number of aliphatic carboxylic acids is 1. The molecule has 2 N–H and O–H groups in total. The summed E-state index contributed by atoms with van der Waals surface area (Å²) in [5, 5.41) is 13.7. The molecule has 0 saturated carbocycles. The van der Waals surface area contributed by atoms with Gasteiger partial charge in [0.25, 0.3) is 0 Å². The van der Waals surface area contributed by atoms with Crippen LogP contribution in [0, 0.1) is 0 Å². The number of carboxylic acids is 1. The third-order valence-corrected chi connectivity index (χ3v) is 4.02. The highest BCUT2D eigenvalue weighted by Gasteiger charge is 2.10. The summed E-state index contributed by atoms with van der Waals surface area (Å²) in [6, 6.07) is 12.1. The summed E-state index contributed by atoms with van der Waals surface area (Å²) >= 11 is 0. The van der Waals surface area contributed by atoms with Crippen LogP contribution >= 0.6 is 0 Å². The Balaban J connectivity index is 2.06. The molecule has 2 rings (SSSR count). The summed E-state index contributed by atoms with van der Waals surface area (Å²) in [5.74, 6) is -0.348. The molecule has 1 amide bonds. The lowest BCUT2D eigenvalue weighted by molar-refractivity contribution is -0.138. The Labute approximate surface area is 148 Å². The van der Waals surface area contributed by atoms with E-state index in [0.29, 0.717) is 19.6 Å². The second-order valence-corrected chi connectivity index (χ2v) is 5.96. The van der Waals surface area contributed by atoms with Crippen molar-refractivity contribution in [3.05, 3.63) is 42.0 Å². The number of hydrogen-bond acceptors (Lipinski definition) is 3. The maximum absolute atomic E-state index is 11.7. The van der Waals surface area contributed by atoms with E-state index in [9.17, 15) is 9.59 Å². The molecule has 2 aromatic carbocycles. The van der Waals surface area contributed by atoms with Crippen LogP contribution in [0.15, 0.2) is 36.4 Å². The fraction of sp³-hybridized carbons (Fsp3) is 0.400. The molecule has 0 unspecified atom stereocenters. The number of carbonyl (C=O) groups is 2. The number of hydrogen-bond donors (Lipinski definition) is 2. The topological polar surface area (TPSA) is 75.6 Å². The highest BCUT2D eigenvalue weighted by molar-refractivity contribution is 5.88. The van der Waals surface area contributed by atoms with Gasteiger partial charge in [0.05, 0.1) is 13.0 Å². The van der Waals surface area contributed by atoms with Crippen LogP contribution in [-0.2, 0) is 16.0 Å². The second kappa shape index (κ2) is 9.67. The number of rotatable bonds is 10. The predicted octanol–water partition coefficient (Wildman–Crippen LogP) is 3.54. The lowest BCUT2D eigenvalue weighted by Crippen LogP contribution is -2.26. The van der Waals surface area contributed by atoms with Gasteiger partial charge in [-0.2, -0.15) is 0 Å². The van der Waals surface area contributed by atoms with E-state index in [4.69, 9.17) is 9.84 Å². The van der Waals surface area contributed by atoms with Crippen molar-refractivity contribution in [3.63, 3.8) is 0 Å². The minimum absolute atomic E-state index is 0.00469. The summed E-state index contributed by atoms with van der Waals surface area (Å²) < 4.78 is 5.93. The highest BCUT2D eigenvalue weighted by atomic mass is 16.5. The molecule has 2 aromatic rings. The van der Waals surface area contributed by atoms with Crippen LogP contribution in [0.4, 0.5) is 0 Å². The Morgan fingerprint density at radius 1 is 1.12 bits per heavy atom. The van der Waals surface area contributed by atoms with E-state index in [1.807, 2.05) is 24.3 Å². The first kappa shape index (κ1) is 18.8. The lowest BCUT2D eigenvalue weighted by Gasteiger charge is -2.15. The molecule has 25 heavy (non-hydrogen) atoms. The average Bonchev–Trinajstić information content (AvgIpc) is 2.61. The van der Waals surface area contributed by atoms with E-state index >= 15 is 0 Å². The van der Waals surface area contributed by atoms with Gasteiger partial charge in [0.15, 0.2) is 0 Å². The minimum Gasteiger partial charge on any atom is -0.493 e. The molecule has 5 heteroatoms. The molecule has 0 aromatic heterocycles. The smallest absolute Gasteiger partial charge is 0.303 e. The van der Waals surface area contributed by atoms with Crippen LogP contribution in [0.25, 0.3) is 10.8 Å². The Morgan fingerprint density at radius 2 is 1.92 bits per heavy atom. The third kappa shape index (κ3) is 5.78. The fourth-order valence-electron chi connectivity index (χ4n) is 2.67. The molecule has 0 saturated heterocycles. The molecule has 134 valence electrons. The number of amides is 1. The molecular formula is C20H25NO4. The molecule has 0 aliphatic rings. The number of unbranched alkanes of at least 4 members (excludes halogenated alkanes) is 1. The van der Waals surface area contributed by atoms with Crippen molar-refractivity contribution in [1.29, 1.82) is 0 Å². The lowest BCUT2D eigenvalue weighted by atomic mass is 10.0. The highest BCUT2D eigenvalue weighted by Crippen LogP contribution is 2.28. The van der Waals surface area contributed by atoms with Gasteiger partial charge in [-0.3, -0.25) is 9.59 Å². The van der Waals surface area contributed by atoms with Crippen LogP contribution in [0.3, 0.4) is 0 Å². The Kier molecular flexibility index (Phi) is 7.26. The van der Waals surface area contributed by atoms with E-state index in [0.717, 1.165) is 34.9 Å². The molecule has 0 heterocycles. The molecule has 0 aliphatic carbocycles. The van der Waals surface area contributed by atoms with Crippen molar-refractivity contribution in [2.45, 2.75) is 39.0 Å². The molecule has 0 bridgehead atoms. The van der Waals surface area contributed by atoms with Crippen molar-refractivity contribution in [1.82, 2.24) is 5.32 Å². The van der Waals surface area contributed by atoms with Gasteiger partial charge < -0.3 is 15.2 Å². The van der Waals surface area contributed by atoms with Crippen LogP contribution in [-0.4, -0.2) is 30.1 Å². The van der Waals surface area contributed by atoms with Gasteiger partial charge in [0.2, 0.25) is 5.91 Å². The average molecular weight is 343 g/mol.